The summed E-state index contributed by atoms with van der Waals surface area (Å²) in [5.74, 6) is -0.356. The molecule has 0 radical (unpaired) electrons. The number of nitrogens with two attached hydrogens (primary N) is 1. The Balaban J connectivity index is 2.12. The number of amides is 2. The van der Waals surface area contributed by atoms with Crippen LogP contribution in [0.2, 0.25) is 0 Å². The third kappa shape index (κ3) is 2.76. The number of nitrogens with one attached hydrogen (secondary N) is 1. The van der Waals surface area contributed by atoms with E-state index >= 15 is 0 Å². The van der Waals surface area contributed by atoms with Gasteiger partial charge in [0, 0.05) is 32.9 Å². The molecule has 1 aliphatic rings. The minimum atomic E-state index is -0.191. The zero-order valence-electron chi connectivity index (χ0n) is 11.9. The van der Waals surface area contributed by atoms with Crippen LogP contribution in [0.4, 0.5) is 5.69 Å². The van der Waals surface area contributed by atoms with Crippen molar-refractivity contribution in [2.75, 3.05) is 25.9 Å². The minimum absolute atomic E-state index is 0.0189. The molecule has 3 N–H and O–H groups in total. The summed E-state index contributed by atoms with van der Waals surface area (Å²) in [4.78, 5) is 25.8. The van der Waals surface area contributed by atoms with E-state index in [1.54, 1.807) is 22.8 Å². The van der Waals surface area contributed by atoms with Gasteiger partial charge in [-0.3, -0.25) is 14.3 Å². The van der Waals surface area contributed by atoms with Crippen LogP contribution in [0.25, 0.3) is 0 Å². The van der Waals surface area contributed by atoms with E-state index in [0.29, 0.717) is 25.3 Å². The molecule has 2 amide bonds. The first-order valence-electron chi connectivity index (χ1n) is 6.90. The fourth-order valence-corrected chi connectivity index (χ4v) is 2.49. The monoisotopic (exact) mass is 279 g/mol. The van der Waals surface area contributed by atoms with Crippen molar-refractivity contribution in [3.63, 3.8) is 0 Å². The molecular formula is C13H21N5O2. The first-order valence-corrected chi connectivity index (χ1v) is 6.90. The quantitative estimate of drug-likeness (QED) is 0.819. The van der Waals surface area contributed by atoms with E-state index in [2.05, 4.69) is 10.4 Å². The Morgan fingerprint density at radius 1 is 1.55 bits per heavy atom. The first-order chi connectivity index (χ1) is 9.56. The van der Waals surface area contributed by atoms with E-state index in [1.807, 2.05) is 6.92 Å². The molecule has 20 heavy (non-hydrogen) atoms. The Hall–Kier alpha value is -2.05. The van der Waals surface area contributed by atoms with E-state index in [4.69, 9.17) is 5.73 Å². The predicted octanol–water partition coefficient (Wildman–Crippen LogP) is 0.0834. The second-order valence-corrected chi connectivity index (χ2v) is 4.99. The number of aryl methyl sites for hydroxylation is 1. The largest absolute Gasteiger partial charge is 0.396 e. The van der Waals surface area contributed by atoms with Crippen molar-refractivity contribution in [1.29, 1.82) is 0 Å². The van der Waals surface area contributed by atoms with Crippen molar-refractivity contribution in [2.24, 2.45) is 5.92 Å². The van der Waals surface area contributed by atoms with E-state index in [0.717, 1.165) is 12.8 Å². The van der Waals surface area contributed by atoms with Crippen LogP contribution in [0.5, 0.6) is 0 Å². The number of aromatic nitrogens is 2. The third-order valence-electron chi connectivity index (χ3n) is 3.64. The van der Waals surface area contributed by atoms with E-state index in [9.17, 15) is 9.59 Å². The van der Waals surface area contributed by atoms with Crippen LogP contribution in [0, 0.1) is 5.92 Å². The van der Waals surface area contributed by atoms with Gasteiger partial charge >= 0.3 is 0 Å². The summed E-state index contributed by atoms with van der Waals surface area (Å²) in [5, 5.41) is 6.83. The molecule has 0 bridgehead atoms. The molecule has 1 aromatic rings. The van der Waals surface area contributed by atoms with Crippen LogP contribution in [0.15, 0.2) is 6.20 Å². The molecule has 7 nitrogen and oxygen atoms in total. The summed E-state index contributed by atoms with van der Waals surface area (Å²) in [7, 11) is 1.62. The fraction of sp³-hybridized carbons (Fsp3) is 0.615. The number of piperidine rings is 1. The highest BCUT2D eigenvalue weighted by Crippen LogP contribution is 2.20. The van der Waals surface area contributed by atoms with E-state index in [1.165, 1.54) is 0 Å². The minimum Gasteiger partial charge on any atom is -0.396 e. The summed E-state index contributed by atoms with van der Waals surface area (Å²) in [6.07, 6.45) is 3.29. The summed E-state index contributed by atoms with van der Waals surface area (Å²) in [5.41, 5.74) is 6.50. The van der Waals surface area contributed by atoms with Crippen molar-refractivity contribution in [3.05, 3.63) is 11.9 Å². The van der Waals surface area contributed by atoms with Gasteiger partial charge in [-0.15, -0.1) is 0 Å². The number of anilines is 1. The lowest BCUT2D eigenvalue weighted by Gasteiger charge is -2.31. The topological polar surface area (TPSA) is 93.2 Å². The highest BCUT2D eigenvalue weighted by molar-refractivity contribution is 5.97. The molecule has 0 aromatic carbocycles. The Labute approximate surface area is 118 Å². The van der Waals surface area contributed by atoms with Crippen LogP contribution >= 0.6 is 0 Å². The van der Waals surface area contributed by atoms with Crippen LogP contribution in [0.3, 0.4) is 0 Å². The Morgan fingerprint density at radius 2 is 2.30 bits per heavy atom. The molecule has 1 aliphatic heterocycles. The zero-order valence-corrected chi connectivity index (χ0v) is 11.9. The molecule has 0 saturated carbocycles. The predicted molar refractivity (Wildman–Crippen MR) is 75.0 cm³/mol. The van der Waals surface area contributed by atoms with Gasteiger partial charge in [0.05, 0.1) is 11.6 Å². The maximum atomic E-state index is 12.4. The summed E-state index contributed by atoms with van der Waals surface area (Å²) in [6, 6.07) is 0. The molecule has 1 atom stereocenters. The van der Waals surface area contributed by atoms with E-state index < -0.39 is 0 Å². The number of rotatable bonds is 3. The summed E-state index contributed by atoms with van der Waals surface area (Å²) >= 11 is 0. The Morgan fingerprint density at radius 3 is 2.90 bits per heavy atom. The standard InChI is InChI=1S/C13H21N5O2/c1-3-18-8-10(14)11(16-18)13(20)17-6-4-5-9(7-17)12(19)15-2/h8-9H,3-7,14H2,1-2H3,(H,15,19). The average Bonchev–Trinajstić information content (AvgIpc) is 2.87. The number of nitrogens with zero attached hydrogens (tertiary/aromatic N) is 3. The van der Waals surface area contributed by atoms with Crippen LogP contribution in [-0.4, -0.2) is 46.6 Å². The lowest BCUT2D eigenvalue weighted by Crippen LogP contribution is -2.45. The SMILES string of the molecule is CCn1cc(N)c(C(=O)N2CCCC(C(=O)NC)C2)n1. The van der Waals surface area contributed by atoms with Gasteiger partial charge in [0.2, 0.25) is 5.91 Å². The second kappa shape index (κ2) is 5.94. The van der Waals surface area contributed by atoms with Gasteiger partial charge in [-0.25, -0.2) is 0 Å². The van der Waals surface area contributed by atoms with Crippen molar-refractivity contribution in [1.82, 2.24) is 20.0 Å². The highest BCUT2D eigenvalue weighted by Gasteiger charge is 2.30. The number of carbonyl (C=O) groups excluding carboxylic acids is 2. The number of likely N-dealkylation sites (tertiary alicyclic amines) is 1. The van der Waals surface area contributed by atoms with Crippen LogP contribution in [-0.2, 0) is 11.3 Å². The van der Waals surface area contributed by atoms with Gasteiger partial charge in [-0.05, 0) is 19.8 Å². The summed E-state index contributed by atoms with van der Waals surface area (Å²) in [6.45, 7) is 3.67. The molecule has 110 valence electrons. The molecule has 2 heterocycles. The first kappa shape index (κ1) is 14.4. The molecule has 0 spiro atoms. The number of hydrogen-bond acceptors (Lipinski definition) is 4. The van der Waals surface area contributed by atoms with Gasteiger partial charge in [0.1, 0.15) is 0 Å². The zero-order chi connectivity index (χ0) is 14.7. The smallest absolute Gasteiger partial charge is 0.276 e. The molecular weight excluding hydrogens is 258 g/mol. The van der Waals surface area contributed by atoms with Gasteiger partial charge in [-0.2, -0.15) is 5.10 Å². The van der Waals surface area contributed by atoms with Crippen molar-refractivity contribution < 1.29 is 9.59 Å². The average molecular weight is 279 g/mol. The van der Waals surface area contributed by atoms with Gasteiger partial charge in [0.15, 0.2) is 5.69 Å². The molecule has 2 rings (SSSR count). The lowest BCUT2D eigenvalue weighted by atomic mass is 9.97. The van der Waals surface area contributed by atoms with Gasteiger partial charge < -0.3 is 16.0 Å². The van der Waals surface area contributed by atoms with E-state index in [-0.39, 0.29) is 23.4 Å². The van der Waals surface area contributed by atoms with Crippen LogP contribution < -0.4 is 11.1 Å². The van der Waals surface area contributed by atoms with Gasteiger partial charge in [-0.1, -0.05) is 0 Å². The normalized spacial score (nSPS) is 18.9. The Kier molecular flexibility index (Phi) is 4.26. The fourth-order valence-electron chi connectivity index (χ4n) is 2.49. The second-order valence-electron chi connectivity index (χ2n) is 4.99. The molecule has 0 aliphatic carbocycles. The third-order valence-corrected chi connectivity index (χ3v) is 3.64. The molecule has 1 unspecified atom stereocenters. The lowest BCUT2D eigenvalue weighted by molar-refractivity contribution is -0.125. The van der Waals surface area contributed by atoms with Crippen LogP contribution in [0.1, 0.15) is 30.3 Å². The highest BCUT2D eigenvalue weighted by atomic mass is 16.2. The molecule has 1 aromatic heterocycles. The maximum absolute atomic E-state index is 12.4. The molecule has 1 saturated heterocycles. The van der Waals surface area contributed by atoms with Crippen molar-refractivity contribution in [2.45, 2.75) is 26.3 Å². The maximum Gasteiger partial charge on any atom is 0.276 e. The number of hydrogen-bond donors (Lipinski definition) is 2. The Bertz CT molecular complexity index is 511. The molecule has 1 fully saturated rings. The van der Waals surface area contributed by atoms with Gasteiger partial charge in [0.25, 0.3) is 5.91 Å². The number of nitrogen functional groups attached to an aromatic ring is 1. The van der Waals surface area contributed by atoms with Crippen molar-refractivity contribution >= 4 is 17.5 Å². The number of carbonyl (C=O) groups is 2. The molecule has 7 heteroatoms. The summed E-state index contributed by atoms with van der Waals surface area (Å²) < 4.78 is 1.64. The van der Waals surface area contributed by atoms with Crippen molar-refractivity contribution in [3.8, 4) is 0 Å².